The fraction of sp³-hybridized carbons (Fsp3) is 0.385. The van der Waals surface area contributed by atoms with E-state index in [4.69, 9.17) is 13.9 Å². The smallest absolute Gasteiger partial charge is 0.290 e. The van der Waals surface area contributed by atoms with Gasteiger partial charge < -0.3 is 23.7 Å². The second kappa shape index (κ2) is 9.93. The highest BCUT2D eigenvalue weighted by Crippen LogP contribution is 2.36. The molecule has 1 aromatic carbocycles. The number of methoxy groups -OCH3 is 1. The number of benzene rings is 1. The third-order valence-electron chi connectivity index (χ3n) is 6.40. The van der Waals surface area contributed by atoms with Crippen LogP contribution in [0, 0.1) is 5.92 Å². The summed E-state index contributed by atoms with van der Waals surface area (Å²) < 4.78 is 16.9. The number of thiophene rings is 1. The van der Waals surface area contributed by atoms with Crippen LogP contribution in [0.2, 0.25) is 0 Å². The summed E-state index contributed by atoms with van der Waals surface area (Å²) in [6.07, 6.45) is 4.47. The van der Waals surface area contributed by atoms with Crippen molar-refractivity contribution < 1.29 is 23.5 Å². The molecule has 1 aliphatic carbocycles. The highest BCUT2D eigenvalue weighted by molar-refractivity contribution is 7.10. The predicted octanol–water partition coefficient (Wildman–Crippen LogP) is 4.41. The number of furan rings is 1. The summed E-state index contributed by atoms with van der Waals surface area (Å²) in [4.78, 5) is 31.4. The summed E-state index contributed by atoms with van der Waals surface area (Å²) >= 11 is 1.71. The highest BCUT2D eigenvalue weighted by atomic mass is 32.1. The number of para-hydroxylation sites is 2. The van der Waals surface area contributed by atoms with Crippen LogP contribution in [0.15, 0.2) is 58.5 Å². The van der Waals surface area contributed by atoms with E-state index >= 15 is 0 Å². The third kappa shape index (κ3) is 4.82. The molecule has 1 saturated carbocycles. The molecule has 2 aromatic heterocycles. The van der Waals surface area contributed by atoms with Crippen molar-refractivity contribution in [3.8, 4) is 11.5 Å². The van der Waals surface area contributed by atoms with Crippen molar-refractivity contribution >= 4 is 23.2 Å². The van der Waals surface area contributed by atoms with E-state index in [1.165, 1.54) is 11.1 Å². The largest absolute Gasteiger partial charge is 0.493 e. The van der Waals surface area contributed by atoms with Gasteiger partial charge in [-0.15, -0.1) is 11.3 Å². The lowest BCUT2D eigenvalue weighted by Gasteiger charge is -2.37. The number of hydrogen-bond donors (Lipinski definition) is 0. The van der Waals surface area contributed by atoms with Crippen LogP contribution in [0.1, 0.15) is 39.9 Å². The number of amides is 2. The van der Waals surface area contributed by atoms with Gasteiger partial charge >= 0.3 is 0 Å². The first-order valence-corrected chi connectivity index (χ1v) is 12.5. The molecule has 2 aliphatic rings. The van der Waals surface area contributed by atoms with Crippen molar-refractivity contribution in [2.45, 2.75) is 25.3 Å². The Balaban J connectivity index is 1.34. The van der Waals surface area contributed by atoms with Gasteiger partial charge in [0, 0.05) is 18.0 Å². The van der Waals surface area contributed by atoms with Gasteiger partial charge in [0.15, 0.2) is 17.3 Å². The molecule has 0 radical (unpaired) electrons. The van der Waals surface area contributed by atoms with Crippen molar-refractivity contribution in [3.05, 3.63) is 70.3 Å². The Bertz CT molecular complexity index is 1140. The van der Waals surface area contributed by atoms with Gasteiger partial charge in [-0.1, -0.05) is 12.1 Å². The molecule has 3 heterocycles. The van der Waals surface area contributed by atoms with Crippen LogP contribution in [-0.4, -0.2) is 55.0 Å². The predicted molar refractivity (Wildman–Crippen MR) is 128 cm³/mol. The Hall–Kier alpha value is -3.26. The maximum absolute atomic E-state index is 13.6. The summed E-state index contributed by atoms with van der Waals surface area (Å²) in [7, 11) is 1.61. The minimum absolute atomic E-state index is 0.0284. The molecule has 0 N–H and O–H groups in total. The molecule has 0 bridgehead atoms. The van der Waals surface area contributed by atoms with Gasteiger partial charge in [-0.05, 0) is 66.5 Å². The molecular formula is C26H28N2O5S. The quantitative estimate of drug-likeness (QED) is 0.454. The molecular weight excluding hydrogens is 452 g/mol. The number of hydrogen-bond acceptors (Lipinski definition) is 6. The average molecular weight is 481 g/mol. The minimum Gasteiger partial charge on any atom is -0.493 e. The number of carbonyl (C=O) groups excluding carboxylic acids is 2. The summed E-state index contributed by atoms with van der Waals surface area (Å²) in [5.74, 6) is 1.71. The molecule has 2 amide bonds. The molecule has 5 rings (SSSR count). The monoisotopic (exact) mass is 480 g/mol. The molecule has 34 heavy (non-hydrogen) atoms. The first kappa shape index (κ1) is 22.5. The molecule has 0 saturated heterocycles. The average Bonchev–Trinajstić information content (AvgIpc) is 3.30. The normalized spacial score (nSPS) is 17.2. The standard InChI is InChI=1S/C26H28N2O5S/c1-31-21-5-2-3-6-22(21)33-17-20-19-11-14-34-24(19)10-12-28(20)25(29)16-27(15-18-8-9-18)26(30)23-7-4-13-32-23/h2-7,11,13-14,18,20H,8-10,12,15-17H2,1H3/t20-/m1/s1. The second-order valence-corrected chi connectivity index (χ2v) is 9.72. The lowest BCUT2D eigenvalue weighted by Crippen LogP contribution is -2.48. The van der Waals surface area contributed by atoms with Crippen LogP contribution < -0.4 is 9.47 Å². The van der Waals surface area contributed by atoms with Gasteiger partial charge in [0.25, 0.3) is 5.91 Å². The number of rotatable bonds is 9. The number of ether oxygens (including phenoxy) is 2. The van der Waals surface area contributed by atoms with Crippen molar-refractivity contribution in [1.29, 1.82) is 0 Å². The molecule has 0 spiro atoms. The summed E-state index contributed by atoms with van der Waals surface area (Å²) in [6.45, 7) is 1.51. The SMILES string of the molecule is COc1ccccc1OC[C@@H]1c2ccsc2CCN1C(=O)CN(CC1CC1)C(=O)c1ccco1. The van der Waals surface area contributed by atoms with E-state index in [1.54, 1.807) is 35.5 Å². The molecule has 3 aromatic rings. The minimum atomic E-state index is -0.236. The molecule has 1 fully saturated rings. The van der Waals surface area contributed by atoms with Gasteiger partial charge in [-0.3, -0.25) is 9.59 Å². The third-order valence-corrected chi connectivity index (χ3v) is 7.40. The Morgan fingerprint density at radius 3 is 2.71 bits per heavy atom. The zero-order valence-corrected chi connectivity index (χ0v) is 20.0. The van der Waals surface area contributed by atoms with Crippen molar-refractivity contribution in [1.82, 2.24) is 9.80 Å². The van der Waals surface area contributed by atoms with Gasteiger partial charge in [0.1, 0.15) is 13.2 Å². The molecule has 178 valence electrons. The Morgan fingerprint density at radius 1 is 1.15 bits per heavy atom. The zero-order chi connectivity index (χ0) is 23.5. The molecule has 1 atom stereocenters. The molecule has 1 aliphatic heterocycles. The number of fused-ring (bicyclic) bond motifs is 1. The maximum Gasteiger partial charge on any atom is 0.290 e. The van der Waals surface area contributed by atoms with E-state index in [0.717, 1.165) is 24.8 Å². The van der Waals surface area contributed by atoms with Crippen LogP contribution in [0.3, 0.4) is 0 Å². The van der Waals surface area contributed by atoms with E-state index in [9.17, 15) is 9.59 Å². The van der Waals surface area contributed by atoms with Gasteiger partial charge in [-0.2, -0.15) is 0 Å². The van der Waals surface area contributed by atoms with Crippen molar-refractivity contribution in [3.63, 3.8) is 0 Å². The van der Waals surface area contributed by atoms with Crippen LogP contribution in [0.4, 0.5) is 0 Å². The highest BCUT2D eigenvalue weighted by Gasteiger charge is 2.35. The first-order valence-electron chi connectivity index (χ1n) is 11.6. The Labute approximate surface area is 202 Å². The molecule has 8 heteroatoms. The summed E-state index contributed by atoms with van der Waals surface area (Å²) in [5.41, 5.74) is 1.12. The summed E-state index contributed by atoms with van der Waals surface area (Å²) in [5, 5.41) is 2.06. The lowest BCUT2D eigenvalue weighted by atomic mass is 10.0. The Morgan fingerprint density at radius 2 is 1.97 bits per heavy atom. The fourth-order valence-corrected chi connectivity index (χ4v) is 5.35. The zero-order valence-electron chi connectivity index (χ0n) is 19.1. The van der Waals surface area contributed by atoms with E-state index in [-0.39, 0.29) is 30.2 Å². The summed E-state index contributed by atoms with van der Waals surface area (Å²) in [6, 6.07) is 12.7. The molecule has 0 unspecified atom stereocenters. The molecule has 7 nitrogen and oxygen atoms in total. The van der Waals surface area contributed by atoms with E-state index < -0.39 is 0 Å². The van der Waals surface area contributed by atoms with Gasteiger partial charge in [0.2, 0.25) is 5.91 Å². The number of nitrogens with zero attached hydrogens (tertiary/aromatic N) is 2. The maximum atomic E-state index is 13.6. The van der Waals surface area contributed by atoms with Crippen LogP contribution in [0.25, 0.3) is 0 Å². The number of carbonyl (C=O) groups is 2. The van der Waals surface area contributed by atoms with Crippen LogP contribution in [0.5, 0.6) is 11.5 Å². The van der Waals surface area contributed by atoms with E-state index in [2.05, 4.69) is 11.4 Å². The van der Waals surface area contributed by atoms with E-state index in [1.807, 2.05) is 29.2 Å². The topological polar surface area (TPSA) is 72.2 Å². The van der Waals surface area contributed by atoms with Gasteiger partial charge in [0.05, 0.1) is 19.4 Å². The first-order chi connectivity index (χ1) is 16.6. The van der Waals surface area contributed by atoms with Crippen LogP contribution >= 0.6 is 11.3 Å². The van der Waals surface area contributed by atoms with Gasteiger partial charge in [-0.25, -0.2) is 0 Å². The Kier molecular flexibility index (Phi) is 6.58. The second-order valence-electron chi connectivity index (χ2n) is 8.72. The van der Waals surface area contributed by atoms with Crippen LogP contribution in [-0.2, 0) is 11.2 Å². The van der Waals surface area contributed by atoms with Crippen molar-refractivity contribution in [2.75, 3.05) is 33.4 Å². The van der Waals surface area contributed by atoms with E-state index in [0.29, 0.717) is 37.1 Å². The van der Waals surface area contributed by atoms with Crippen molar-refractivity contribution in [2.24, 2.45) is 5.92 Å². The lowest BCUT2D eigenvalue weighted by molar-refractivity contribution is -0.135. The fourth-order valence-electron chi connectivity index (χ4n) is 4.42.